The minimum Gasteiger partial charge on any atom is -0.445 e. The second kappa shape index (κ2) is 12.6. The van der Waals surface area contributed by atoms with Gasteiger partial charge in [-0.3, -0.25) is 4.18 Å². The van der Waals surface area contributed by atoms with Crippen molar-refractivity contribution in [3.63, 3.8) is 0 Å². The minimum atomic E-state index is -3.79. The van der Waals surface area contributed by atoms with Gasteiger partial charge in [-0.1, -0.05) is 60.2 Å². The molecule has 0 unspecified atom stereocenters. The van der Waals surface area contributed by atoms with Crippen molar-refractivity contribution < 1.29 is 31.7 Å². The summed E-state index contributed by atoms with van der Waals surface area (Å²) in [5.74, 6) is 0. The number of hydrogen-bond acceptors (Lipinski definition) is 7. The summed E-state index contributed by atoms with van der Waals surface area (Å²) in [4.78, 5) is 26.8. The maximum atomic E-state index is 13.0. The number of alkyl carbamates (subject to hydrolysis) is 1. The van der Waals surface area contributed by atoms with E-state index in [0.29, 0.717) is 0 Å². The lowest BCUT2D eigenvalue weighted by molar-refractivity contribution is 0.0201. The van der Waals surface area contributed by atoms with Gasteiger partial charge >= 0.3 is 12.2 Å². The Morgan fingerprint density at radius 3 is 2.29 bits per heavy atom. The van der Waals surface area contributed by atoms with Crippen LogP contribution in [0.2, 0.25) is 0 Å². The molecule has 0 saturated carbocycles. The minimum absolute atomic E-state index is 0.0331. The SMILES string of the molecule is Cc1cccc(CN(C[C@H](COS(C)(=O)=O)NC(=O)OCc2ccccc2)C(=O)OC(C)(C)C)c1. The van der Waals surface area contributed by atoms with E-state index in [0.717, 1.165) is 22.9 Å². The third-order valence-electron chi connectivity index (χ3n) is 4.57. The molecule has 0 bridgehead atoms. The Bertz CT molecular complexity index is 1080. The maximum absolute atomic E-state index is 13.0. The number of benzene rings is 2. The Kier molecular flexibility index (Phi) is 10.1. The topological polar surface area (TPSA) is 111 Å². The van der Waals surface area contributed by atoms with E-state index >= 15 is 0 Å². The van der Waals surface area contributed by atoms with E-state index in [-0.39, 0.29) is 26.3 Å². The molecule has 10 heteroatoms. The van der Waals surface area contributed by atoms with Crippen molar-refractivity contribution in [2.45, 2.75) is 52.5 Å². The highest BCUT2D eigenvalue weighted by atomic mass is 32.2. The van der Waals surface area contributed by atoms with E-state index in [1.165, 1.54) is 4.90 Å². The van der Waals surface area contributed by atoms with Crippen LogP contribution in [0.5, 0.6) is 0 Å². The molecule has 0 radical (unpaired) electrons. The average Bonchev–Trinajstić information content (AvgIpc) is 2.74. The van der Waals surface area contributed by atoms with Crippen LogP contribution in [0.25, 0.3) is 0 Å². The standard InChI is InChI=1S/C25H34N2O7S/c1-19-10-9-13-21(14-19)15-27(24(29)34-25(2,3)4)16-22(18-33-35(5,30)31)26-23(28)32-17-20-11-7-6-8-12-20/h6-14,22H,15-18H2,1-5H3,(H,26,28)/t22-/m1/s1. The Balaban J connectivity index is 2.18. The van der Waals surface area contributed by atoms with Crippen molar-refractivity contribution in [2.24, 2.45) is 0 Å². The van der Waals surface area contributed by atoms with Crippen LogP contribution < -0.4 is 5.32 Å². The summed E-state index contributed by atoms with van der Waals surface area (Å²) < 4.78 is 38.9. The van der Waals surface area contributed by atoms with Crippen LogP contribution in [0.1, 0.15) is 37.5 Å². The summed E-state index contributed by atoms with van der Waals surface area (Å²) in [5, 5.41) is 2.61. The first-order valence-corrected chi connectivity index (χ1v) is 13.0. The number of carbonyl (C=O) groups is 2. The molecular formula is C25H34N2O7S. The lowest BCUT2D eigenvalue weighted by Gasteiger charge is -2.30. The van der Waals surface area contributed by atoms with Gasteiger partial charge < -0.3 is 19.7 Å². The van der Waals surface area contributed by atoms with Crippen molar-refractivity contribution in [3.05, 3.63) is 71.3 Å². The normalized spacial score (nSPS) is 12.5. The molecule has 35 heavy (non-hydrogen) atoms. The van der Waals surface area contributed by atoms with E-state index in [1.54, 1.807) is 20.8 Å². The van der Waals surface area contributed by atoms with Gasteiger partial charge in [0.05, 0.1) is 18.9 Å². The summed E-state index contributed by atoms with van der Waals surface area (Å²) in [7, 11) is -3.79. The zero-order valence-corrected chi connectivity index (χ0v) is 21.6. The number of carbonyl (C=O) groups excluding carboxylic acids is 2. The van der Waals surface area contributed by atoms with Crippen LogP contribution >= 0.6 is 0 Å². The summed E-state index contributed by atoms with van der Waals surface area (Å²) in [6, 6.07) is 15.8. The summed E-state index contributed by atoms with van der Waals surface area (Å²) in [5.41, 5.74) is 1.92. The second-order valence-corrected chi connectivity index (χ2v) is 10.9. The molecular weight excluding hydrogens is 472 g/mol. The summed E-state index contributed by atoms with van der Waals surface area (Å²) >= 11 is 0. The number of nitrogens with one attached hydrogen (secondary N) is 1. The van der Waals surface area contributed by atoms with Gasteiger partial charge in [0, 0.05) is 13.1 Å². The molecule has 0 aliphatic heterocycles. The van der Waals surface area contributed by atoms with Gasteiger partial charge in [-0.25, -0.2) is 9.59 Å². The highest BCUT2D eigenvalue weighted by molar-refractivity contribution is 7.85. The van der Waals surface area contributed by atoms with Gasteiger partial charge in [0.1, 0.15) is 12.2 Å². The Morgan fingerprint density at radius 2 is 1.69 bits per heavy atom. The maximum Gasteiger partial charge on any atom is 0.410 e. The molecule has 1 N–H and O–H groups in total. The highest BCUT2D eigenvalue weighted by Crippen LogP contribution is 2.15. The fourth-order valence-electron chi connectivity index (χ4n) is 3.10. The van der Waals surface area contributed by atoms with Crippen LogP contribution in [0.3, 0.4) is 0 Å². The molecule has 9 nitrogen and oxygen atoms in total. The van der Waals surface area contributed by atoms with E-state index in [1.807, 2.05) is 61.5 Å². The zero-order chi connectivity index (χ0) is 26.1. The lowest BCUT2D eigenvalue weighted by Crippen LogP contribution is -2.49. The first-order valence-electron chi connectivity index (χ1n) is 11.2. The molecule has 0 saturated heterocycles. The smallest absolute Gasteiger partial charge is 0.410 e. The van der Waals surface area contributed by atoms with Crippen molar-refractivity contribution in [3.8, 4) is 0 Å². The van der Waals surface area contributed by atoms with Gasteiger partial charge in [0.25, 0.3) is 10.1 Å². The molecule has 0 heterocycles. The first-order chi connectivity index (χ1) is 16.3. The fourth-order valence-corrected chi connectivity index (χ4v) is 3.52. The fraction of sp³-hybridized carbons (Fsp3) is 0.440. The molecule has 0 aliphatic carbocycles. The zero-order valence-electron chi connectivity index (χ0n) is 20.8. The van der Waals surface area contributed by atoms with Crippen LogP contribution in [0.15, 0.2) is 54.6 Å². The number of rotatable bonds is 10. The van der Waals surface area contributed by atoms with E-state index in [2.05, 4.69) is 5.32 Å². The summed E-state index contributed by atoms with van der Waals surface area (Å²) in [6.45, 7) is 6.95. The van der Waals surface area contributed by atoms with Crippen LogP contribution in [0, 0.1) is 6.92 Å². The van der Waals surface area contributed by atoms with Crippen molar-refractivity contribution >= 4 is 22.3 Å². The van der Waals surface area contributed by atoms with Gasteiger partial charge in [-0.15, -0.1) is 0 Å². The van der Waals surface area contributed by atoms with Crippen LogP contribution in [-0.4, -0.2) is 56.6 Å². The predicted molar refractivity (Wildman–Crippen MR) is 132 cm³/mol. The molecule has 0 fully saturated rings. The molecule has 2 aromatic carbocycles. The van der Waals surface area contributed by atoms with Gasteiger partial charge in [-0.05, 0) is 38.8 Å². The summed E-state index contributed by atoms with van der Waals surface area (Å²) in [6.07, 6.45) is -0.464. The predicted octanol–water partition coefficient (Wildman–Crippen LogP) is 4.00. The molecule has 0 aromatic heterocycles. The van der Waals surface area contributed by atoms with E-state index in [4.69, 9.17) is 13.7 Å². The third kappa shape index (κ3) is 11.7. The highest BCUT2D eigenvalue weighted by Gasteiger charge is 2.27. The van der Waals surface area contributed by atoms with Gasteiger partial charge in [0.2, 0.25) is 0 Å². The van der Waals surface area contributed by atoms with E-state index < -0.39 is 33.9 Å². The number of ether oxygens (including phenoxy) is 2. The first kappa shape index (κ1) is 28.1. The monoisotopic (exact) mass is 506 g/mol. The van der Waals surface area contributed by atoms with E-state index in [9.17, 15) is 18.0 Å². The molecule has 0 spiro atoms. The largest absolute Gasteiger partial charge is 0.445 e. The molecule has 0 aliphatic rings. The molecule has 1 atom stereocenters. The molecule has 2 aromatic rings. The molecule has 192 valence electrons. The molecule has 2 amide bonds. The van der Waals surface area contributed by atoms with Crippen molar-refractivity contribution in [1.82, 2.24) is 10.2 Å². The second-order valence-electron chi connectivity index (χ2n) is 9.24. The number of hydrogen-bond donors (Lipinski definition) is 1. The Labute approximate surface area is 207 Å². The van der Waals surface area contributed by atoms with Crippen LogP contribution in [-0.2, 0) is 36.9 Å². The lowest BCUT2D eigenvalue weighted by atomic mass is 10.1. The molecule has 2 rings (SSSR count). The number of aryl methyl sites for hydroxylation is 1. The average molecular weight is 507 g/mol. The number of nitrogens with zero attached hydrogens (tertiary/aromatic N) is 1. The third-order valence-corrected chi connectivity index (χ3v) is 5.13. The Morgan fingerprint density at radius 1 is 1.03 bits per heavy atom. The number of amides is 2. The van der Waals surface area contributed by atoms with Gasteiger partial charge in [0.15, 0.2) is 0 Å². The quantitative estimate of drug-likeness (QED) is 0.485. The van der Waals surface area contributed by atoms with Crippen LogP contribution in [0.4, 0.5) is 9.59 Å². The van der Waals surface area contributed by atoms with Crippen molar-refractivity contribution in [1.29, 1.82) is 0 Å². The van der Waals surface area contributed by atoms with Crippen molar-refractivity contribution in [2.75, 3.05) is 19.4 Å². The van der Waals surface area contributed by atoms with Gasteiger partial charge in [-0.2, -0.15) is 8.42 Å². The Hall–Kier alpha value is -3.11.